The lowest BCUT2D eigenvalue weighted by Crippen LogP contribution is -2.33. The third-order valence-corrected chi connectivity index (χ3v) is 3.27. The van der Waals surface area contributed by atoms with Crippen molar-refractivity contribution < 1.29 is 14.3 Å². The Kier molecular flexibility index (Phi) is 4.30. The number of ether oxygens (including phenoxy) is 1. The van der Waals surface area contributed by atoms with Crippen LogP contribution in [-0.2, 0) is 18.2 Å². The van der Waals surface area contributed by atoms with Gasteiger partial charge in [0.15, 0.2) is 0 Å². The average Bonchev–Trinajstić information content (AvgIpc) is 2.83. The van der Waals surface area contributed by atoms with Gasteiger partial charge in [0.25, 0.3) is 0 Å². The second kappa shape index (κ2) is 6.01. The van der Waals surface area contributed by atoms with Gasteiger partial charge in [-0.25, -0.2) is 9.78 Å². The Morgan fingerprint density at radius 2 is 1.91 bits per heavy atom. The predicted molar refractivity (Wildman–Crippen MR) is 81.5 cm³/mol. The summed E-state index contributed by atoms with van der Waals surface area (Å²) >= 11 is 0. The lowest BCUT2D eigenvalue weighted by molar-refractivity contribution is 0.0460. The smallest absolute Gasteiger partial charge is 0.405 e. The van der Waals surface area contributed by atoms with Crippen LogP contribution in [0.5, 0.6) is 0 Å². The molecule has 0 unspecified atom stereocenters. The SMILES string of the molecule is Cn1cncc1C(=O)c1ccc(CC(C)(C)OC(N)=O)cc1. The number of carbonyl (C=O) groups excluding carboxylic acids is 2. The maximum Gasteiger partial charge on any atom is 0.405 e. The predicted octanol–water partition coefficient (Wildman–Crippen LogP) is 2.07. The van der Waals surface area contributed by atoms with Crippen molar-refractivity contribution in [2.45, 2.75) is 25.9 Å². The van der Waals surface area contributed by atoms with Crippen molar-refractivity contribution in [3.63, 3.8) is 0 Å². The van der Waals surface area contributed by atoms with Gasteiger partial charge in [-0.05, 0) is 19.4 Å². The normalized spacial score (nSPS) is 11.2. The van der Waals surface area contributed by atoms with Crippen LogP contribution in [0.2, 0.25) is 0 Å². The molecule has 0 bridgehead atoms. The summed E-state index contributed by atoms with van der Waals surface area (Å²) < 4.78 is 6.73. The van der Waals surface area contributed by atoms with E-state index in [-0.39, 0.29) is 5.78 Å². The van der Waals surface area contributed by atoms with Gasteiger partial charge in [-0.2, -0.15) is 0 Å². The van der Waals surface area contributed by atoms with Gasteiger partial charge in [-0.3, -0.25) is 4.79 Å². The molecular formula is C16H19N3O3. The molecule has 1 amide bonds. The molecule has 116 valence electrons. The number of imidazole rings is 1. The number of hydrogen-bond donors (Lipinski definition) is 1. The average molecular weight is 301 g/mol. The Labute approximate surface area is 128 Å². The molecule has 0 spiro atoms. The first kappa shape index (κ1) is 15.8. The van der Waals surface area contributed by atoms with Gasteiger partial charge >= 0.3 is 6.09 Å². The zero-order valence-electron chi connectivity index (χ0n) is 12.9. The van der Waals surface area contributed by atoms with Gasteiger partial charge in [0, 0.05) is 19.0 Å². The van der Waals surface area contributed by atoms with Crippen LogP contribution in [-0.4, -0.2) is 27.0 Å². The molecule has 0 atom stereocenters. The van der Waals surface area contributed by atoms with Crippen molar-refractivity contribution in [2.75, 3.05) is 0 Å². The molecule has 6 nitrogen and oxygen atoms in total. The summed E-state index contributed by atoms with van der Waals surface area (Å²) in [6, 6.07) is 7.20. The second-order valence-electron chi connectivity index (χ2n) is 5.77. The molecule has 6 heteroatoms. The van der Waals surface area contributed by atoms with Crippen molar-refractivity contribution in [2.24, 2.45) is 12.8 Å². The van der Waals surface area contributed by atoms with Crippen molar-refractivity contribution in [3.05, 3.63) is 53.6 Å². The van der Waals surface area contributed by atoms with E-state index in [1.807, 2.05) is 12.1 Å². The highest BCUT2D eigenvalue weighted by atomic mass is 16.6. The van der Waals surface area contributed by atoms with Crippen LogP contribution in [0.15, 0.2) is 36.8 Å². The van der Waals surface area contributed by atoms with E-state index in [9.17, 15) is 9.59 Å². The fraction of sp³-hybridized carbons (Fsp3) is 0.312. The standard InChI is InChI=1S/C16H19N3O3/c1-16(2,22-15(17)21)8-11-4-6-12(7-5-11)14(20)13-9-18-10-19(13)3/h4-7,9-10H,8H2,1-3H3,(H2,17,21). The number of benzene rings is 1. The van der Waals surface area contributed by atoms with E-state index < -0.39 is 11.7 Å². The molecular weight excluding hydrogens is 282 g/mol. The first-order valence-electron chi connectivity index (χ1n) is 6.87. The molecule has 0 aliphatic heterocycles. The van der Waals surface area contributed by atoms with Gasteiger partial charge in [-0.15, -0.1) is 0 Å². The number of ketones is 1. The molecule has 2 rings (SSSR count). The summed E-state index contributed by atoms with van der Waals surface area (Å²) in [5, 5.41) is 0. The summed E-state index contributed by atoms with van der Waals surface area (Å²) in [6.45, 7) is 3.57. The van der Waals surface area contributed by atoms with Crippen LogP contribution in [0.4, 0.5) is 4.79 Å². The zero-order valence-corrected chi connectivity index (χ0v) is 12.9. The fourth-order valence-electron chi connectivity index (χ4n) is 2.30. The first-order chi connectivity index (χ1) is 10.3. The maximum absolute atomic E-state index is 12.3. The zero-order chi connectivity index (χ0) is 16.3. The third-order valence-electron chi connectivity index (χ3n) is 3.27. The van der Waals surface area contributed by atoms with Gasteiger partial charge in [0.1, 0.15) is 11.3 Å². The molecule has 2 aromatic rings. The number of aryl methyl sites for hydroxylation is 1. The van der Waals surface area contributed by atoms with E-state index in [0.29, 0.717) is 17.7 Å². The number of hydrogen-bond acceptors (Lipinski definition) is 4. The highest BCUT2D eigenvalue weighted by Gasteiger charge is 2.22. The molecule has 1 aromatic heterocycles. The molecule has 0 aliphatic carbocycles. The van der Waals surface area contributed by atoms with Crippen LogP contribution >= 0.6 is 0 Å². The summed E-state index contributed by atoms with van der Waals surface area (Å²) in [6.07, 6.45) is 2.84. The van der Waals surface area contributed by atoms with E-state index in [1.165, 1.54) is 0 Å². The molecule has 0 saturated carbocycles. The van der Waals surface area contributed by atoms with E-state index >= 15 is 0 Å². The molecule has 1 aromatic carbocycles. The fourth-order valence-corrected chi connectivity index (χ4v) is 2.30. The molecule has 0 aliphatic rings. The number of nitrogens with zero attached hydrogens (tertiary/aromatic N) is 2. The molecule has 2 N–H and O–H groups in total. The van der Waals surface area contributed by atoms with Crippen LogP contribution in [0.1, 0.15) is 35.5 Å². The van der Waals surface area contributed by atoms with Crippen molar-refractivity contribution in [1.82, 2.24) is 9.55 Å². The summed E-state index contributed by atoms with van der Waals surface area (Å²) in [4.78, 5) is 27.1. The van der Waals surface area contributed by atoms with Gasteiger partial charge in [0.2, 0.25) is 5.78 Å². The number of aromatic nitrogens is 2. The number of nitrogens with two attached hydrogens (primary N) is 1. The Balaban J connectivity index is 2.12. The van der Waals surface area contributed by atoms with E-state index in [4.69, 9.17) is 10.5 Å². The Hall–Kier alpha value is -2.63. The minimum Gasteiger partial charge on any atom is -0.443 e. The first-order valence-corrected chi connectivity index (χ1v) is 6.87. The summed E-state index contributed by atoms with van der Waals surface area (Å²) in [5.74, 6) is -0.0841. The van der Waals surface area contributed by atoms with Crippen LogP contribution < -0.4 is 5.73 Å². The van der Waals surface area contributed by atoms with Crippen molar-refractivity contribution in [1.29, 1.82) is 0 Å². The van der Waals surface area contributed by atoms with Crippen molar-refractivity contribution in [3.8, 4) is 0 Å². The van der Waals surface area contributed by atoms with E-state index in [0.717, 1.165) is 5.56 Å². The minimum absolute atomic E-state index is 0.0841. The highest BCUT2D eigenvalue weighted by molar-refractivity contribution is 6.07. The molecule has 0 fully saturated rings. The maximum atomic E-state index is 12.3. The largest absolute Gasteiger partial charge is 0.443 e. The molecule has 0 radical (unpaired) electrons. The number of amides is 1. The third kappa shape index (κ3) is 3.72. The van der Waals surface area contributed by atoms with Crippen molar-refractivity contribution >= 4 is 11.9 Å². The lowest BCUT2D eigenvalue weighted by Gasteiger charge is -2.24. The van der Waals surface area contributed by atoms with Gasteiger partial charge in [0.05, 0.1) is 12.5 Å². The van der Waals surface area contributed by atoms with Crippen LogP contribution in [0.25, 0.3) is 0 Å². The second-order valence-corrected chi connectivity index (χ2v) is 5.77. The monoisotopic (exact) mass is 301 g/mol. The lowest BCUT2D eigenvalue weighted by atomic mass is 9.96. The summed E-state index contributed by atoms with van der Waals surface area (Å²) in [5.41, 5.74) is 6.42. The van der Waals surface area contributed by atoms with E-state index in [1.54, 1.807) is 50.1 Å². The van der Waals surface area contributed by atoms with Gasteiger partial charge in [-0.1, -0.05) is 24.3 Å². The quantitative estimate of drug-likeness (QED) is 0.856. The number of primary amides is 1. The van der Waals surface area contributed by atoms with Crippen LogP contribution in [0.3, 0.4) is 0 Å². The molecule has 0 saturated heterocycles. The van der Waals surface area contributed by atoms with E-state index in [2.05, 4.69) is 4.98 Å². The van der Waals surface area contributed by atoms with Crippen LogP contribution in [0, 0.1) is 0 Å². The Morgan fingerprint density at radius 1 is 1.27 bits per heavy atom. The number of rotatable bonds is 5. The Bertz CT molecular complexity index is 687. The highest BCUT2D eigenvalue weighted by Crippen LogP contribution is 2.18. The molecule has 22 heavy (non-hydrogen) atoms. The molecule has 1 heterocycles. The van der Waals surface area contributed by atoms with Gasteiger partial charge < -0.3 is 15.0 Å². The minimum atomic E-state index is -0.798. The topological polar surface area (TPSA) is 87.2 Å². The number of carbonyl (C=O) groups is 2. The Morgan fingerprint density at radius 3 is 2.41 bits per heavy atom. The summed E-state index contributed by atoms with van der Waals surface area (Å²) in [7, 11) is 1.78.